The number of aliphatic hydroxyl groups excluding tert-OH is 7. The molecule has 39 heteroatoms. The molecule has 0 aliphatic carbocycles. The van der Waals surface area contributed by atoms with Crippen molar-refractivity contribution < 1.29 is 117 Å². The fraction of sp³-hybridized carbons (Fsp3) is 0.720. The molecule has 0 spiro atoms. The third kappa shape index (κ3) is 31.2. The van der Waals surface area contributed by atoms with Crippen molar-refractivity contribution in [2.24, 2.45) is 17.4 Å². The Labute approximate surface area is 663 Å². The van der Waals surface area contributed by atoms with Gasteiger partial charge in [-0.1, -0.05) is 97.1 Å². The zero-order valence-electron chi connectivity index (χ0n) is 66.9. The smallest absolute Gasteiger partial charge is 0.328 e. The first-order valence-corrected chi connectivity index (χ1v) is 39.2. The lowest BCUT2D eigenvalue weighted by Crippen LogP contribution is -2.64. The average molecular weight is 1620 g/mol. The normalized spacial score (nSPS) is 27.2. The van der Waals surface area contributed by atoms with Crippen molar-refractivity contribution >= 4 is 88.7 Å². The van der Waals surface area contributed by atoms with Crippen molar-refractivity contribution in [3.63, 3.8) is 0 Å². The summed E-state index contributed by atoms with van der Waals surface area (Å²) in [7, 11) is 3.07. The Morgan fingerprint density at radius 3 is 1.63 bits per heavy atom. The molecule has 3 fully saturated rings. The van der Waals surface area contributed by atoms with Crippen molar-refractivity contribution in [2.45, 2.75) is 293 Å². The monoisotopic (exact) mass is 1620 g/mol. The van der Waals surface area contributed by atoms with Crippen molar-refractivity contribution in [3.05, 3.63) is 29.8 Å². The van der Waals surface area contributed by atoms with Crippen LogP contribution in [0.25, 0.3) is 0 Å². The zero-order chi connectivity index (χ0) is 85.4. The zero-order valence-corrected chi connectivity index (χ0v) is 66.9. The maximum atomic E-state index is 14.9. The number of primary amides is 1. The summed E-state index contributed by atoms with van der Waals surface area (Å²) in [5, 5.41) is 101. The number of esters is 1. The third-order valence-corrected chi connectivity index (χ3v) is 19.8. The van der Waals surface area contributed by atoms with E-state index in [2.05, 4.69) is 60.1 Å². The van der Waals surface area contributed by atoms with Gasteiger partial charge in [0.1, 0.15) is 78.3 Å². The van der Waals surface area contributed by atoms with E-state index in [1.54, 1.807) is 0 Å². The predicted octanol–water partition coefficient (Wildman–Crippen LogP) is -5.71. The number of nitrogens with zero attached hydrogens (tertiary/aromatic N) is 3. The van der Waals surface area contributed by atoms with Crippen LogP contribution in [0.2, 0.25) is 0 Å². The molecule has 21 N–H and O–H groups in total. The highest BCUT2D eigenvalue weighted by Gasteiger charge is 2.48. The number of ether oxygens (including phenoxy) is 2. The number of hydrogen-bond acceptors (Lipinski definition) is 25. The molecule has 3 heterocycles. The minimum Gasteiger partial charge on any atom is -0.484 e. The Morgan fingerprint density at radius 2 is 1.08 bits per heavy atom. The number of nitrogens with one attached hydrogen (secondary N) is 10. The molecule has 0 saturated carbocycles. The number of fused-ring (bicyclic) bond motifs is 2. The maximum absolute atomic E-state index is 14.9. The van der Waals surface area contributed by atoms with Gasteiger partial charge in [-0.05, 0) is 96.9 Å². The Bertz CT molecular complexity index is 3400. The molecule has 14 amide bonds. The number of hydrogen-bond donors (Lipinski definition) is 19. The van der Waals surface area contributed by atoms with Crippen molar-refractivity contribution in [3.8, 4) is 5.75 Å². The number of cyclic esters (lactones) is 1. The first-order chi connectivity index (χ1) is 53.7. The summed E-state index contributed by atoms with van der Waals surface area (Å²) in [6.45, 7) is 8.33. The molecular weight excluding hydrogens is 1490 g/mol. The molecule has 3 aliphatic heterocycles. The van der Waals surface area contributed by atoms with Crippen LogP contribution >= 0.6 is 0 Å². The summed E-state index contributed by atoms with van der Waals surface area (Å²) in [5.41, 5.74) is 11.6. The first kappa shape index (κ1) is 97.1. The van der Waals surface area contributed by atoms with Gasteiger partial charge >= 0.3 is 5.97 Å². The fourth-order valence-corrected chi connectivity index (χ4v) is 13.1. The Hall–Kier alpha value is -9.25. The van der Waals surface area contributed by atoms with Crippen LogP contribution in [0.4, 0.5) is 0 Å². The van der Waals surface area contributed by atoms with Crippen LogP contribution in [-0.2, 0) is 83.1 Å². The van der Waals surface area contributed by atoms with Gasteiger partial charge in [0.15, 0.2) is 6.61 Å². The van der Waals surface area contributed by atoms with Gasteiger partial charge in [-0.3, -0.25) is 67.1 Å². The molecule has 4 rings (SSSR count). The average Bonchev–Trinajstić information content (AvgIpc) is 1.63. The topological polar surface area (TPSA) is 598 Å². The lowest BCUT2D eigenvalue weighted by atomic mass is 9.99. The predicted molar refractivity (Wildman–Crippen MR) is 408 cm³/mol. The molecule has 0 aromatic heterocycles. The fourth-order valence-electron chi connectivity index (χ4n) is 13.1. The van der Waals surface area contributed by atoms with Crippen LogP contribution < -0.4 is 69.4 Å². The van der Waals surface area contributed by atoms with Gasteiger partial charge in [0.25, 0.3) is 5.91 Å². The molecule has 3 saturated heterocycles. The quantitative estimate of drug-likeness (QED) is 0.0275. The Kier molecular flexibility index (Phi) is 41.1. The first-order valence-electron chi connectivity index (χ1n) is 39.2. The molecule has 642 valence electrons. The summed E-state index contributed by atoms with van der Waals surface area (Å²) in [5.74, 6) is -17.2. The number of carbonyl (C=O) groups is 15. The van der Waals surface area contributed by atoms with Crippen LogP contribution in [0.15, 0.2) is 24.3 Å². The van der Waals surface area contributed by atoms with E-state index >= 15 is 0 Å². The van der Waals surface area contributed by atoms with Gasteiger partial charge < -0.3 is 125 Å². The van der Waals surface area contributed by atoms with E-state index in [-0.39, 0.29) is 56.9 Å². The van der Waals surface area contributed by atoms with E-state index < -0.39 is 243 Å². The van der Waals surface area contributed by atoms with Crippen molar-refractivity contribution in [2.75, 3.05) is 46.9 Å². The SMILES string of the molecule is CCCCCCCCCCCCC[C@@H]1CC(=O)N[C@H]([C@@H](C)O)C(=O)N[C@H](C)C(=O)N[C@@H](Cc2ccc(OCC(=O)N(C)C)cc2)C(=O)N[C@@H](C(C)C)C(=O)N2C[C@H](O)C[C@H]2C(=O)N[C@H]([C@@H](C)O)C(=O)N[C@@H]([C@@H](C)O)C(=O)N2CC[C@H](O)[C@H]2C(=O)N[C@@H]([C@H](O)CC(N)=O)C(=O)NCC(=O)N[C@H]([C@@H](C)O)C(=O)N[C@@H](CCCN)C(=O)O1. The molecule has 19 atom stereocenters. The molecular formula is C75H123N15O24. The summed E-state index contributed by atoms with van der Waals surface area (Å²) >= 11 is 0. The van der Waals surface area contributed by atoms with E-state index in [1.807, 2.05) is 0 Å². The Morgan fingerprint density at radius 1 is 0.570 bits per heavy atom. The number of nitrogens with two attached hydrogens (primary N) is 2. The summed E-state index contributed by atoms with van der Waals surface area (Å²) in [6.07, 6.45) is -6.17. The van der Waals surface area contributed by atoms with Gasteiger partial charge in [0, 0.05) is 40.0 Å². The van der Waals surface area contributed by atoms with Gasteiger partial charge in [-0.25, -0.2) is 4.79 Å². The number of likely N-dealkylation sites (N-methyl/N-ethyl adjacent to an activating group) is 1. The van der Waals surface area contributed by atoms with Crippen LogP contribution in [0.3, 0.4) is 0 Å². The molecule has 1 aromatic carbocycles. The number of carbonyl (C=O) groups excluding carboxylic acids is 15. The van der Waals surface area contributed by atoms with E-state index in [1.165, 1.54) is 71.0 Å². The lowest BCUT2D eigenvalue weighted by molar-refractivity contribution is -0.155. The number of unbranched alkanes of at least 4 members (excludes halogenated alkanes) is 10. The lowest BCUT2D eigenvalue weighted by Gasteiger charge is -2.34. The molecule has 0 radical (unpaired) electrons. The molecule has 0 unspecified atom stereocenters. The van der Waals surface area contributed by atoms with Crippen LogP contribution in [0.5, 0.6) is 5.75 Å². The molecule has 1 aromatic rings. The van der Waals surface area contributed by atoms with E-state index in [0.29, 0.717) is 23.3 Å². The second-order valence-corrected chi connectivity index (χ2v) is 30.2. The number of benzene rings is 1. The second kappa shape index (κ2) is 48.2. The van der Waals surface area contributed by atoms with E-state index in [4.69, 9.17) is 20.9 Å². The minimum absolute atomic E-state index is 0.0220. The van der Waals surface area contributed by atoms with Crippen molar-refractivity contribution in [1.82, 2.24) is 67.9 Å². The Balaban J connectivity index is 1.83. The standard InChI is InChI=1S/C75H123N15O24/c1-11-12-13-14-15-16-17-18-19-20-21-23-48-34-55(99)82-59(41(5)91)69(106)79-40(4)65(102)81-50(32-45-25-27-47(28-26-45)113-38-57(101)88(9)10)66(103)84-58(39(2)3)73(110)90-37-46(95)33-51(90)67(104)85-61(43(7)93)71(108)86-62(44(8)94)74(111)89-31-29-52(96)64(89)72(109)87-63(53(97)35-54(77)98)68(105)78-36-56(100)83-60(42(6)92)70(107)80-49(24-22-30-76)75(112)114-48/h25-28,39-44,46,48-53,58-64,91-97H,11-24,29-38,76H2,1-10H3,(H2,77,98)(H,78,105)(H,79,106)(H,80,107)(H,81,102)(H,82,99)(H,83,100)(H,84,103)(H,85,104)(H,86,108)(H,87,109)/t40-,41-,42-,43-,44-,46-,48-,49+,50+,51+,52+,53-,58+,59-,60-,61-,62+,63+,64+/m1/s1. The summed E-state index contributed by atoms with van der Waals surface area (Å²) in [4.78, 5) is 214. The van der Waals surface area contributed by atoms with Gasteiger partial charge in [0.2, 0.25) is 76.8 Å². The summed E-state index contributed by atoms with van der Waals surface area (Å²) < 4.78 is 11.6. The number of aliphatic hydroxyl groups is 7. The maximum Gasteiger partial charge on any atom is 0.328 e. The molecule has 3 aliphatic rings. The van der Waals surface area contributed by atoms with Gasteiger partial charge in [-0.2, -0.15) is 0 Å². The van der Waals surface area contributed by atoms with Crippen LogP contribution in [0, 0.1) is 5.92 Å². The molecule has 0 bridgehead atoms. The van der Waals surface area contributed by atoms with Crippen molar-refractivity contribution in [1.29, 1.82) is 0 Å². The highest BCUT2D eigenvalue weighted by Crippen LogP contribution is 2.25. The third-order valence-electron chi connectivity index (χ3n) is 19.8. The highest BCUT2D eigenvalue weighted by atomic mass is 16.5. The molecule has 114 heavy (non-hydrogen) atoms. The van der Waals surface area contributed by atoms with Crippen LogP contribution in [-0.4, -0.2) is 301 Å². The van der Waals surface area contributed by atoms with E-state index in [0.717, 1.165) is 83.5 Å². The van der Waals surface area contributed by atoms with E-state index in [9.17, 15) is 108 Å². The number of rotatable bonds is 28. The number of amides is 14. The largest absolute Gasteiger partial charge is 0.484 e. The molecule has 39 nitrogen and oxygen atoms in total. The second-order valence-electron chi connectivity index (χ2n) is 30.2. The minimum atomic E-state index is -2.22. The van der Waals surface area contributed by atoms with Gasteiger partial charge in [-0.15, -0.1) is 0 Å². The van der Waals surface area contributed by atoms with Crippen LogP contribution in [0.1, 0.15) is 177 Å². The van der Waals surface area contributed by atoms with Gasteiger partial charge in [0.05, 0.1) is 62.1 Å². The summed E-state index contributed by atoms with van der Waals surface area (Å²) in [6, 6.07) is -13.9. The highest BCUT2D eigenvalue weighted by molar-refractivity contribution is 6.00.